The van der Waals surface area contributed by atoms with Gasteiger partial charge in [0.15, 0.2) is 10.9 Å². The van der Waals surface area contributed by atoms with Gasteiger partial charge in [-0.05, 0) is 37.1 Å². The molecule has 0 saturated carbocycles. The number of nitrogens with zero attached hydrogens (tertiary/aromatic N) is 4. The van der Waals surface area contributed by atoms with E-state index in [1.165, 1.54) is 35.1 Å². The van der Waals surface area contributed by atoms with Crippen LogP contribution >= 0.6 is 11.8 Å². The van der Waals surface area contributed by atoms with E-state index in [1.807, 2.05) is 28.8 Å². The van der Waals surface area contributed by atoms with Crippen LogP contribution in [0.2, 0.25) is 0 Å². The van der Waals surface area contributed by atoms with Crippen LogP contribution in [-0.4, -0.2) is 71.7 Å². The van der Waals surface area contributed by atoms with Gasteiger partial charge in [-0.2, -0.15) is 4.31 Å². The Kier molecular flexibility index (Phi) is 8.62. The normalized spacial score (nSPS) is 14.0. The summed E-state index contributed by atoms with van der Waals surface area (Å²) in [7, 11) is -1.96. The van der Waals surface area contributed by atoms with Gasteiger partial charge in [-0.15, -0.1) is 10.2 Å². The highest BCUT2D eigenvalue weighted by Crippen LogP contribution is 2.29. The van der Waals surface area contributed by atoms with E-state index < -0.39 is 10.0 Å². The molecule has 2 aromatic carbocycles. The van der Waals surface area contributed by atoms with E-state index >= 15 is 0 Å². The molecule has 4 rings (SSSR count). The summed E-state index contributed by atoms with van der Waals surface area (Å²) in [6.45, 7) is 2.89. The van der Waals surface area contributed by atoms with Gasteiger partial charge in [0.25, 0.3) is 0 Å². The molecule has 37 heavy (non-hydrogen) atoms. The van der Waals surface area contributed by atoms with Crippen molar-refractivity contribution in [3.63, 3.8) is 0 Å². The van der Waals surface area contributed by atoms with E-state index in [0.717, 1.165) is 18.5 Å². The predicted octanol–water partition coefficient (Wildman–Crippen LogP) is 2.71. The molecule has 1 saturated heterocycles. The lowest BCUT2D eigenvalue weighted by Crippen LogP contribution is -2.27. The fourth-order valence-electron chi connectivity index (χ4n) is 4.07. The Morgan fingerprint density at radius 2 is 1.76 bits per heavy atom. The largest absolute Gasteiger partial charge is 0.495 e. The predicted molar refractivity (Wildman–Crippen MR) is 140 cm³/mol. The minimum Gasteiger partial charge on any atom is -0.495 e. The van der Waals surface area contributed by atoms with Crippen molar-refractivity contribution < 1.29 is 22.7 Å². The van der Waals surface area contributed by atoms with E-state index in [9.17, 15) is 18.0 Å². The molecule has 1 aliphatic rings. The lowest BCUT2D eigenvalue weighted by molar-refractivity contribution is -0.118. The third kappa shape index (κ3) is 6.20. The van der Waals surface area contributed by atoms with Crippen LogP contribution in [-0.2, 0) is 21.2 Å². The minimum absolute atomic E-state index is 0.0806. The van der Waals surface area contributed by atoms with Crippen molar-refractivity contribution in [2.24, 2.45) is 0 Å². The van der Waals surface area contributed by atoms with Crippen molar-refractivity contribution in [2.45, 2.75) is 36.2 Å². The second kappa shape index (κ2) is 11.9. The average molecular weight is 544 g/mol. The number of hydrogen-bond acceptors (Lipinski definition) is 8. The lowest BCUT2D eigenvalue weighted by atomic mass is 10.1. The second-order valence-electron chi connectivity index (χ2n) is 8.49. The number of aromatic nitrogens is 3. The molecule has 0 spiro atoms. The van der Waals surface area contributed by atoms with Gasteiger partial charge in [0.1, 0.15) is 11.6 Å². The highest BCUT2D eigenvalue weighted by atomic mass is 32.2. The number of ether oxygens (including phenoxy) is 1. The van der Waals surface area contributed by atoms with Crippen LogP contribution in [0, 0.1) is 0 Å². The monoisotopic (exact) mass is 543 g/mol. The fourth-order valence-corrected chi connectivity index (χ4v) is 6.44. The number of nitrogens with one attached hydrogen (secondary N) is 1. The molecule has 0 atom stereocenters. The zero-order chi connectivity index (χ0) is 26.4. The molecule has 10 nitrogen and oxygen atoms in total. The van der Waals surface area contributed by atoms with E-state index in [-0.39, 0.29) is 22.3 Å². The Morgan fingerprint density at radius 1 is 1.05 bits per heavy atom. The molecule has 1 amide bonds. The van der Waals surface area contributed by atoms with Crippen LogP contribution in [0.15, 0.2) is 58.6 Å². The van der Waals surface area contributed by atoms with Crippen LogP contribution in [0.25, 0.3) is 5.69 Å². The molecular formula is C25H29N5O5S2. The first-order valence-corrected chi connectivity index (χ1v) is 14.3. The quantitative estimate of drug-likeness (QED) is 0.289. The first-order valence-electron chi connectivity index (χ1n) is 11.9. The molecule has 1 fully saturated rings. The number of ketones is 1. The summed E-state index contributed by atoms with van der Waals surface area (Å²) in [5.74, 6) is 1.01. The number of thioether (sulfide) groups is 1. The first kappa shape index (κ1) is 26.8. The molecule has 1 aromatic heterocycles. The number of para-hydroxylation sites is 2. The topological polar surface area (TPSA) is 123 Å². The minimum atomic E-state index is -3.53. The molecule has 1 N–H and O–H groups in total. The van der Waals surface area contributed by atoms with E-state index in [1.54, 1.807) is 19.2 Å². The number of rotatable bonds is 11. The van der Waals surface area contributed by atoms with Gasteiger partial charge < -0.3 is 10.1 Å². The smallest absolute Gasteiger partial charge is 0.243 e. The maximum absolute atomic E-state index is 12.9. The number of hydrogen-bond donors (Lipinski definition) is 1. The molecule has 196 valence electrons. The summed E-state index contributed by atoms with van der Waals surface area (Å²) in [6, 6.07) is 13.5. The molecule has 12 heteroatoms. The summed E-state index contributed by atoms with van der Waals surface area (Å²) >= 11 is 1.23. The van der Waals surface area contributed by atoms with Crippen molar-refractivity contribution in [1.29, 1.82) is 0 Å². The van der Waals surface area contributed by atoms with Crippen LogP contribution in [0.3, 0.4) is 0 Å². The SMILES string of the molecule is COc1ccccc1-n1c(CCNC(C)=O)nnc1SCC(=O)c1ccc(S(=O)(=O)N2CCCC2)cc1. The highest BCUT2D eigenvalue weighted by Gasteiger charge is 2.27. The lowest BCUT2D eigenvalue weighted by Gasteiger charge is -2.15. The van der Waals surface area contributed by atoms with Crippen molar-refractivity contribution >= 4 is 33.5 Å². The number of carbonyl (C=O) groups is 2. The number of sulfonamides is 1. The number of carbonyl (C=O) groups excluding carboxylic acids is 2. The second-order valence-corrected chi connectivity index (χ2v) is 11.4. The van der Waals surface area contributed by atoms with Crippen molar-refractivity contribution in [1.82, 2.24) is 24.4 Å². The zero-order valence-electron chi connectivity index (χ0n) is 20.7. The first-order chi connectivity index (χ1) is 17.8. The Bertz CT molecular complexity index is 1370. The summed E-state index contributed by atoms with van der Waals surface area (Å²) in [5.41, 5.74) is 1.14. The van der Waals surface area contributed by atoms with Crippen molar-refractivity contribution in [3.05, 3.63) is 59.9 Å². The fraction of sp³-hybridized carbons (Fsp3) is 0.360. The third-order valence-electron chi connectivity index (χ3n) is 5.96. The van der Waals surface area contributed by atoms with E-state index in [4.69, 9.17) is 4.74 Å². The third-order valence-corrected chi connectivity index (χ3v) is 8.80. The van der Waals surface area contributed by atoms with Crippen LogP contribution in [0.1, 0.15) is 35.9 Å². The Hall–Kier alpha value is -3.22. The average Bonchev–Trinajstić information content (AvgIpc) is 3.58. The standard InChI is InChI=1S/C25H29N5O5S2/c1-18(31)26-14-13-24-27-28-25(30(24)21-7-3-4-8-23(21)35-2)36-17-22(32)19-9-11-20(12-10-19)37(33,34)29-15-5-6-16-29/h3-4,7-12H,5-6,13-17H2,1-2H3,(H,26,31). The zero-order valence-corrected chi connectivity index (χ0v) is 22.3. The Morgan fingerprint density at radius 3 is 2.43 bits per heavy atom. The van der Waals surface area contributed by atoms with Gasteiger partial charge in [0.2, 0.25) is 15.9 Å². The Labute approximate surface area is 220 Å². The molecular weight excluding hydrogens is 514 g/mol. The molecule has 3 aromatic rings. The van der Waals surface area contributed by atoms with Gasteiger partial charge in [0.05, 0.1) is 23.4 Å². The van der Waals surface area contributed by atoms with Gasteiger partial charge in [0, 0.05) is 38.5 Å². The van der Waals surface area contributed by atoms with Crippen LogP contribution in [0.4, 0.5) is 0 Å². The molecule has 2 heterocycles. The van der Waals surface area contributed by atoms with Gasteiger partial charge in [-0.3, -0.25) is 14.2 Å². The van der Waals surface area contributed by atoms with Gasteiger partial charge >= 0.3 is 0 Å². The summed E-state index contributed by atoms with van der Waals surface area (Å²) in [4.78, 5) is 24.4. The number of benzene rings is 2. The molecule has 0 aliphatic carbocycles. The Balaban J connectivity index is 1.51. The molecule has 0 radical (unpaired) electrons. The number of Topliss-reactive ketones (excluding diaryl/α,β-unsaturated/α-hetero) is 1. The summed E-state index contributed by atoms with van der Waals surface area (Å²) < 4.78 is 34.3. The summed E-state index contributed by atoms with van der Waals surface area (Å²) in [6.07, 6.45) is 2.16. The van der Waals surface area contributed by atoms with Crippen molar-refractivity contribution in [2.75, 3.05) is 32.5 Å². The van der Waals surface area contributed by atoms with Gasteiger partial charge in [-0.25, -0.2) is 8.42 Å². The molecule has 1 aliphatic heterocycles. The molecule has 0 unspecified atom stereocenters. The molecule has 0 bridgehead atoms. The maximum Gasteiger partial charge on any atom is 0.243 e. The maximum atomic E-state index is 12.9. The highest BCUT2D eigenvalue weighted by molar-refractivity contribution is 7.99. The van der Waals surface area contributed by atoms with E-state index in [2.05, 4.69) is 15.5 Å². The number of amides is 1. The van der Waals surface area contributed by atoms with Gasteiger partial charge in [-0.1, -0.05) is 36.0 Å². The van der Waals surface area contributed by atoms with Crippen LogP contribution < -0.4 is 10.1 Å². The number of methoxy groups -OCH3 is 1. The summed E-state index contributed by atoms with van der Waals surface area (Å²) in [5, 5.41) is 11.8. The van der Waals surface area contributed by atoms with Crippen LogP contribution in [0.5, 0.6) is 5.75 Å². The van der Waals surface area contributed by atoms with Crippen molar-refractivity contribution in [3.8, 4) is 11.4 Å². The van der Waals surface area contributed by atoms with E-state index in [0.29, 0.717) is 48.3 Å².